The summed E-state index contributed by atoms with van der Waals surface area (Å²) in [5.74, 6) is -0.255. The van der Waals surface area contributed by atoms with Gasteiger partial charge in [-0.15, -0.1) is 0 Å². The van der Waals surface area contributed by atoms with Gasteiger partial charge in [-0.2, -0.15) is 13.4 Å². The van der Waals surface area contributed by atoms with E-state index < -0.39 is 16.2 Å². The van der Waals surface area contributed by atoms with Gasteiger partial charge in [0.1, 0.15) is 0 Å². The zero-order valence-corrected chi connectivity index (χ0v) is 21.1. The van der Waals surface area contributed by atoms with Crippen LogP contribution in [0.15, 0.2) is 66.0 Å². The molecule has 0 radical (unpaired) electrons. The summed E-state index contributed by atoms with van der Waals surface area (Å²) in [5.41, 5.74) is 1.03. The Bertz CT molecular complexity index is 1580. The fourth-order valence-corrected chi connectivity index (χ4v) is 4.09. The molecule has 0 spiro atoms. The number of aromatic nitrogens is 4. The molecule has 0 unspecified atom stereocenters. The van der Waals surface area contributed by atoms with Crippen molar-refractivity contribution in [1.82, 2.24) is 19.9 Å². The van der Waals surface area contributed by atoms with Gasteiger partial charge in [0.15, 0.2) is 28.2 Å². The Hall–Kier alpha value is -4.98. The molecule has 0 saturated carbocycles. The number of carbonyl (C=O) groups is 1. The molecule has 0 fully saturated rings. The summed E-state index contributed by atoms with van der Waals surface area (Å²) in [6, 6.07) is 12.4. The number of ether oxygens (including phenoxy) is 4. The molecule has 0 aliphatic carbocycles. The molecule has 0 aliphatic heterocycles. The Morgan fingerprint density at radius 2 is 1.74 bits per heavy atom. The van der Waals surface area contributed by atoms with Crippen LogP contribution in [0.3, 0.4) is 0 Å². The predicted octanol–water partition coefficient (Wildman–Crippen LogP) is 3.91. The van der Waals surface area contributed by atoms with Crippen molar-refractivity contribution in [3.8, 4) is 40.4 Å². The highest BCUT2D eigenvalue weighted by atomic mass is 32.2. The first-order chi connectivity index (χ1) is 18.2. The quantitative estimate of drug-likeness (QED) is 0.294. The summed E-state index contributed by atoms with van der Waals surface area (Å²) in [5, 5.41) is 8.65. The van der Waals surface area contributed by atoms with Gasteiger partial charge in [0.05, 0.1) is 14.2 Å². The maximum absolute atomic E-state index is 13.2. The van der Waals surface area contributed by atoms with Crippen molar-refractivity contribution in [2.24, 2.45) is 0 Å². The fraction of sp³-hybridized carbons (Fsp3) is 0.125. The number of hydrogen-bond acceptors (Lipinski definition) is 11. The van der Waals surface area contributed by atoms with Crippen LogP contribution in [-0.4, -0.2) is 53.8 Å². The van der Waals surface area contributed by atoms with Crippen LogP contribution >= 0.6 is 0 Å². The van der Waals surface area contributed by atoms with Gasteiger partial charge in [0.2, 0.25) is 11.6 Å². The molecule has 4 aromatic rings. The van der Waals surface area contributed by atoms with E-state index in [0.29, 0.717) is 5.75 Å². The summed E-state index contributed by atoms with van der Waals surface area (Å²) < 4.78 is 50.1. The van der Waals surface area contributed by atoms with Crippen molar-refractivity contribution in [3.63, 3.8) is 0 Å². The third kappa shape index (κ3) is 5.87. The highest BCUT2D eigenvalue weighted by Crippen LogP contribution is 2.41. The lowest BCUT2D eigenvalue weighted by atomic mass is 10.2. The zero-order chi connectivity index (χ0) is 27.3. The summed E-state index contributed by atoms with van der Waals surface area (Å²) in [6.45, 7) is 1.77. The van der Waals surface area contributed by atoms with Crippen molar-refractivity contribution in [2.75, 3.05) is 18.9 Å². The van der Waals surface area contributed by atoms with E-state index in [0.717, 1.165) is 5.56 Å². The van der Waals surface area contributed by atoms with Gasteiger partial charge in [0.25, 0.3) is 15.9 Å². The number of sulfonamides is 1. The molecule has 38 heavy (non-hydrogen) atoms. The van der Waals surface area contributed by atoms with E-state index >= 15 is 0 Å². The first-order valence-electron chi connectivity index (χ1n) is 10.8. The second-order valence-corrected chi connectivity index (χ2v) is 9.15. The maximum Gasteiger partial charge on any atom is 0.512 e. The zero-order valence-electron chi connectivity index (χ0n) is 20.3. The van der Waals surface area contributed by atoms with E-state index in [1.54, 1.807) is 37.3 Å². The smallest absolute Gasteiger partial charge is 0.493 e. The summed E-state index contributed by atoms with van der Waals surface area (Å²) in [6.07, 6.45) is 1.13. The van der Waals surface area contributed by atoms with E-state index in [-0.39, 0.29) is 45.5 Å². The van der Waals surface area contributed by atoms with Crippen molar-refractivity contribution < 1.29 is 37.3 Å². The molecule has 3 aromatic heterocycles. The highest BCUT2D eigenvalue weighted by Gasteiger charge is 2.25. The van der Waals surface area contributed by atoms with E-state index in [2.05, 4.69) is 29.4 Å². The molecule has 0 saturated heterocycles. The third-order valence-electron chi connectivity index (χ3n) is 4.88. The minimum absolute atomic E-state index is 0.0403. The van der Waals surface area contributed by atoms with E-state index in [1.165, 1.54) is 44.8 Å². The van der Waals surface area contributed by atoms with Crippen LogP contribution in [-0.2, 0) is 10.0 Å². The Kier molecular flexibility index (Phi) is 7.53. The summed E-state index contributed by atoms with van der Waals surface area (Å²) >= 11 is 0. The molecule has 13 nitrogen and oxygen atoms in total. The van der Waals surface area contributed by atoms with Gasteiger partial charge < -0.3 is 24.1 Å². The minimum Gasteiger partial charge on any atom is -0.493 e. The number of rotatable bonds is 9. The number of aryl methyl sites for hydroxylation is 1. The lowest BCUT2D eigenvalue weighted by Crippen LogP contribution is -2.17. The SMILES string of the molecule is COc1ccccc1Oc1c(NS(=O)(=O)c2ccc(C)cn2)nc(-c2ccnc(OC(=O)O)c2)nc1OC. The average Bonchev–Trinajstić information content (AvgIpc) is 2.89. The van der Waals surface area contributed by atoms with Gasteiger partial charge in [-0.05, 0) is 36.8 Å². The van der Waals surface area contributed by atoms with Crippen molar-refractivity contribution in [3.05, 3.63) is 66.5 Å². The third-order valence-corrected chi connectivity index (χ3v) is 6.14. The predicted molar refractivity (Wildman–Crippen MR) is 133 cm³/mol. The number of anilines is 1. The van der Waals surface area contributed by atoms with E-state index in [4.69, 9.17) is 19.3 Å². The molecular weight excluding hydrogens is 518 g/mol. The van der Waals surface area contributed by atoms with Gasteiger partial charge in [0, 0.05) is 24.0 Å². The average molecular weight is 540 g/mol. The number of hydrogen-bond donors (Lipinski definition) is 2. The highest BCUT2D eigenvalue weighted by molar-refractivity contribution is 7.92. The first-order valence-corrected chi connectivity index (χ1v) is 12.3. The first kappa shape index (κ1) is 26.1. The molecule has 2 N–H and O–H groups in total. The maximum atomic E-state index is 13.2. The Morgan fingerprint density at radius 1 is 0.974 bits per heavy atom. The molecule has 0 bridgehead atoms. The number of para-hydroxylation sites is 2. The fourth-order valence-electron chi connectivity index (χ4n) is 3.16. The van der Waals surface area contributed by atoms with Gasteiger partial charge in [-0.1, -0.05) is 18.2 Å². The number of nitrogens with one attached hydrogen (secondary N) is 1. The second kappa shape index (κ2) is 11.0. The van der Waals surface area contributed by atoms with Crippen LogP contribution in [0, 0.1) is 6.92 Å². The molecule has 4 rings (SSSR count). The van der Waals surface area contributed by atoms with Crippen LogP contribution in [0.2, 0.25) is 0 Å². The Labute approximate surface area is 217 Å². The molecule has 0 atom stereocenters. The Morgan fingerprint density at radius 3 is 2.39 bits per heavy atom. The number of benzene rings is 1. The van der Waals surface area contributed by atoms with Gasteiger partial charge in [-0.3, -0.25) is 4.72 Å². The number of nitrogens with zero attached hydrogens (tertiary/aromatic N) is 4. The monoisotopic (exact) mass is 539 g/mol. The van der Waals surface area contributed by atoms with Crippen LogP contribution in [0.25, 0.3) is 11.4 Å². The molecule has 3 heterocycles. The molecule has 196 valence electrons. The van der Waals surface area contributed by atoms with Crippen LogP contribution in [0.4, 0.5) is 10.6 Å². The Balaban J connectivity index is 1.86. The molecule has 0 amide bonds. The summed E-state index contributed by atoms with van der Waals surface area (Å²) in [7, 11) is -1.48. The lowest BCUT2D eigenvalue weighted by molar-refractivity contribution is 0.142. The number of pyridine rings is 2. The normalized spacial score (nSPS) is 10.9. The number of methoxy groups -OCH3 is 2. The van der Waals surface area contributed by atoms with Crippen molar-refractivity contribution in [1.29, 1.82) is 0 Å². The van der Waals surface area contributed by atoms with E-state index in [1.807, 2.05) is 0 Å². The minimum atomic E-state index is -4.24. The number of carboxylic acid groups (broad SMARTS) is 1. The standard InChI is InChI=1S/C24H21N5O8S/c1-14-8-9-19(26-13-14)38(32,33)29-22-20(36-17-7-5-4-6-16(17)34-2)23(35-3)28-21(27-22)15-10-11-25-18(12-15)37-24(30)31/h4-13H,1-3H3,(H,30,31)(H,27,28,29). The van der Waals surface area contributed by atoms with Gasteiger partial charge >= 0.3 is 6.16 Å². The largest absolute Gasteiger partial charge is 0.512 e. The van der Waals surface area contributed by atoms with Crippen LogP contribution < -0.4 is 23.7 Å². The molecule has 0 aliphatic rings. The summed E-state index contributed by atoms with van der Waals surface area (Å²) in [4.78, 5) is 27.4. The van der Waals surface area contributed by atoms with Gasteiger partial charge in [-0.25, -0.2) is 19.7 Å². The molecular formula is C24H21N5O8S. The van der Waals surface area contributed by atoms with Crippen molar-refractivity contribution >= 4 is 22.0 Å². The topological polar surface area (TPSA) is 172 Å². The lowest BCUT2D eigenvalue weighted by Gasteiger charge is -2.17. The van der Waals surface area contributed by atoms with Crippen LogP contribution in [0.5, 0.6) is 29.0 Å². The van der Waals surface area contributed by atoms with Crippen LogP contribution in [0.1, 0.15) is 5.56 Å². The van der Waals surface area contributed by atoms with E-state index in [9.17, 15) is 13.2 Å². The molecule has 1 aromatic carbocycles. The van der Waals surface area contributed by atoms with Crippen molar-refractivity contribution in [2.45, 2.75) is 11.9 Å². The second-order valence-electron chi connectivity index (χ2n) is 7.52. The molecule has 14 heteroatoms.